The smallest absolute Gasteiger partial charge is 0.322 e. The summed E-state index contributed by atoms with van der Waals surface area (Å²) in [6.45, 7) is 5.03. The third kappa shape index (κ3) is 3.92. The lowest BCUT2D eigenvalue weighted by atomic mass is 10.1. The third-order valence-corrected chi connectivity index (χ3v) is 4.52. The van der Waals surface area contributed by atoms with Crippen molar-refractivity contribution in [2.75, 3.05) is 0 Å². The van der Waals surface area contributed by atoms with E-state index in [0.717, 1.165) is 5.56 Å². The lowest BCUT2D eigenvalue weighted by Gasteiger charge is -2.18. The summed E-state index contributed by atoms with van der Waals surface area (Å²) in [5.74, 6) is -1.60. The van der Waals surface area contributed by atoms with Crippen molar-refractivity contribution in [3.63, 3.8) is 0 Å². The molecule has 0 aliphatic carbocycles. The molecule has 0 spiro atoms. The summed E-state index contributed by atoms with van der Waals surface area (Å²) in [5, 5.41) is 9.08. The molecule has 0 radical (unpaired) electrons. The van der Waals surface area contributed by atoms with E-state index in [4.69, 9.17) is 16.7 Å². The highest BCUT2D eigenvalue weighted by molar-refractivity contribution is 7.89. The second-order valence-corrected chi connectivity index (χ2v) is 6.70. The van der Waals surface area contributed by atoms with E-state index >= 15 is 0 Å². The van der Waals surface area contributed by atoms with Gasteiger partial charge < -0.3 is 5.11 Å². The Hall–Kier alpha value is -1.11. The van der Waals surface area contributed by atoms with Crippen molar-refractivity contribution in [1.82, 2.24) is 4.72 Å². The molecule has 0 aliphatic rings. The molecular formula is C12H16ClNO4S. The maximum absolute atomic E-state index is 12.1. The minimum absolute atomic E-state index is 0.0698. The molecule has 0 amide bonds. The first-order valence-corrected chi connectivity index (χ1v) is 7.52. The van der Waals surface area contributed by atoms with Gasteiger partial charge in [0, 0.05) is 0 Å². The van der Waals surface area contributed by atoms with Gasteiger partial charge in [0.2, 0.25) is 10.0 Å². The highest BCUT2D eigenvalue weighted by atomic mass is 35.5. The van der Waals surface area contributed by atoms with Crippen LogP contribution in [-0.4, -0.2) is 25.5 Å². The number of carboxylic acids is 1. The molecule has 2 N–H and O–H groups in total. The van der Waals surface area contributed by atoms with Gasteiger partial charge >= 0.3 is 5.97 Å². The van der Waals surface area contributed by atoms with Crippen molar-refractivity contribution in [2.24, 2.45) is 5.92 Å². The van der Waals surface area contributed by atoms with Gasteiger partial charge in [-0.3, -0.25) is 4.79 Å². The maximum atomic E-state index is 12.1. The molecule has 1 rings (SSSR count). The standard InChI is InChI=1S/C12H16ClNO4S/c1-7(2)11(12(15)16)14-19(17,18)10-5-4-8(3)6-9(10)13/h4-7,11,14H,1-3H3,(H,15,16). The number of hydrogen-bond acceptors (Lipinski definition) is 3. The van der Waals surface area contributed by atoms with Crippen molar-refractivity contribution in [2.45, 2.75) is 31.7 Å². The summed E-state index contributed by atoms with van der Waals surface area (Å²) in [7, 11) is -3.96. The average Bonchev–Trinajstić information content (AvgIpc) is 2.24. The molecule has 0 bridgehead atoms. The molecule has 5 nitrogen and oxygen atoms in total. The van der Waals surface area contributed by atoms with Gasteiger partial charge in [0.25, 0.3) is 0 Å². The van der Waals surface area contributed by atoms with Crippen LogP contribution in [0, 0.1) is 12.8 Å². The number of hydrogen-bond donors (Lipinski definition) is 2. The lowest BCUT2D eigenvalue weighted by molar-refractivity contribution is -0.140. The highest BCUT2D eigenvalue weighted by Gasteiger charge is 2.29. The van der Waals surface area contributed by atoms with Crippen LogP contribution in [0.1, 0.15) is 19.4 Å². The van der Waals surface area contributed by atoms with E-state index in [1.54, 1.807) is 26.8 Å². The summed E-state index contributed by atoms with van der Waals surface area (Å²) in [6.07, 6.45) is 0. The van der Waals surface area contributed by atoms with Gasteiger partial charge in [0.15, 0.2) is 0 Å². The van der Waals surface area contributed by atoms with Crippen LogP contribution in [0.5, 0.6) is 0 Å². The van der Waals surface area contributed by atoms with Crippen LogP contribution in [0.2, 0.25) is 5.02 Å². The van der Waals surface area contributed by atoms with E-state index < -0.39 is 22.0 Å². The predicted octanol–water partition coefficient (Wildman–Crippen LogP) is 2.04. The lowest BCUT2D eigenvalue weighted by Crippen LogP contribution is -2.44. The Labute approximate surface area is 117 Å². The van der Waals surface area contributed by atoms with Crippen molar-refractivity contribution >= 4 is 27.6 Å². The Kier molecular flexibility index (Phi) is 4.95. The quantitative estimate of drug-likeness (QED) is 0.872. The van der Waals surface area contributed by atoms with Gasteiger partial charge in [-0.15, -0.1) is 0 Å². The van der Waals surface area contributed by atoms with E-state index in [2.05, 4.69) is 4.72 Å². The van der Waals surface area contributed by atoms with E-state index in [1.165, 1.54) is 12.1 Å². The Balaban J connectivity index is 3.14. The van der Waals surface area contributed by atoms with E-state index in [-0.39, 0.29) is 15.8 Å². The highest BCUT2D eigenvalue weighted by Crippen LogP contribution is 2.23. The molecule has 0 aromatic heterocycles. The molecule has 0 heterocycles. The number of carboxylic acid groups (broad SMARTS) is 1. The van der Waals surface area contributed by atoms with E-state index in [9.17, 15) is 13.2 Å². The van der Waals surface area contributed by atoms with E-state index in [0.29, 0.717) is 0 Å². The van der Waals surface area contributed by atoms with Gasteiger partial charge in [-0.25, -0.2) is 8.42 Å². The van der Waals surface area contributed by atoms with Crippen LogP contribution >= 0.6 is 11.6 Å². The minimum atomic E-state index is -3.96. The number of halogens is 1. The molecule has 1 unspecified atom stereocenters. The number of rotatable bonds is 5. The van der Waals surface area contributed by atoms with Crippen molar-refractivity contribution in [3.05, 3.63) is 28.8 Å². The summed E-state index contributed by atoms with van der Waals surface area (Å²) >= 11 is 5.89. The molecule has 1 aromatic rings. The Morgan fingerprint density at radius 1 is 1.37 bits per heavy atom. The SMILES string of the molecule is Cc1ccc(S(=O)(=O)NC(C(=O)O)C(C)C)c(Cl)c1. The number of carbonyl (C=O) groups is 1. The third-order valence-electron chi connectivity index (χ3n) is 2.59. The fraction of sp³-hybridized carbons (Fsp3) is 0.417. The summed E-state index contributed by atoms with van der Waals surface area (Å²) < 4.78 is 26.4. The molecule has 0 saturated heterocycles. The zero-order valence-corrected chi connectivity index (χ0v) is 12.4. The van der Waals surface area contributed by atoms with Gasteiger partial charge in [0.1, 0.15) is 10.9 Å². The number of aliphatic carboxylic acids is 1. The first kappa shape index (κ1) is 15.9. The maximum Gasteiger partial charge on any atom is 0.322 e. The topological polar surface area (TPSA) is 83.5 Å². The van der Waals surface area contributed by atoms with Gasteiger partial charge in [-0.2, -0.15) is 4.72 Å². The minimum Gasteiger partial charge on any atom is -0.480 e. The molecule has 0 fully saturated rings. The fourth-order valence-corrected chi connectivity index (χ4v) is 3.46. The molecule has 1 atom stereocenters. The van der Waals surface area contributed by atoms with Crippen LogP contribution in [-0.2, 0) is 14.8 Å². The molecule has 7 heteroatoms. The van der Waals surface area contributed by atoms with Crippen molar-refractivity contribution in [3.8, 4) is 0 Å². The molecule has 0 aliphatic heterocycles. The summed E-state index contributed by atoms with van der Waals surface area (Å²) in [4.78, 5) is 10.9. The first-order valence-electron chi connectivity index (χ1n) is 5.66. The molecular weight excluding hydrogens is 290 g/mol. The van der Waals surface area contributed by atoms with Crippen LogP contribution < -0.4 is 4.72 Å². The zero-order chi connectivity index (χ0) is 14.8. The summed E-state index contributed by atoms with van der Waals surface area (Å²) in [5.41, 5.74) is 0.822. The Morgan fingerprint density at radius 3 is 2.37 bits per heavy atom. The second-order valence-electron chi connectivity index (χ2n) is 4.62. The second kappa shape index (κ2) is 5.90. The number of aryl methyl sites for hydroxylation is 1. The van der Waals surface area contributed by atoms with Gasteiger partial charge in [0.05, 0.1) is 5.02 Å². The van der Waals surface area contributed by atoms with Crippen LogP contribution in [0.25, 0.3) is 0 Å². The van der Waals surface area contributed by atoms with Crippen LogP contribution in [0.15, 0.2) is 23.1 Å². The Bertz CT molecular complexity index is 583. The average molecular weight is 306 g/mol. The normalized spacial score (nSPS) is 13.5. The monoisotopic (exact) mass is 305 g/mol. The molecule has 1 aromatic carbocycles. The van der Waals surface area contributed by atoms with Crippen LogP contribution in [0.3, 0.4) is 0 Å². The van der Waals surface area contributed by atoms with E-state index in [1.807, 2.05) is 0 Å². The summed E-state index contributed by atoms with van der Waals surface area (Å²) in [6, 6.07) is 3.29. The predicted molar refractivity (Wildman–Crippen MR) is 72.8 cm³/mol. The van der Waals surface area contributed by atoms with Crippen molar-refractivity contribution in [1.29, 1.82) is 0 Å². The van der Waals surface area contributed by atoms with Gasteiger partial charge in [-0.05, 0) is 30.5 Å². The largest absolute Gasteiger partial charge is 0.480 e. The number of nitrogens with one attached hydrogen (secondary N) is 1. The molecule has 19 heavy (non-hydrogen) atoms. The van der Waals surface area contributed by atoms with Gasteiger partial charge in [-0.1, -0.05) is 31.5 Å². The van der Waals surface area contributed by atoms with Crippen molar-refractivity contribution < 1.29 is 18.3 Å². The number of sulfonamides is 1. The number of benzene rings is 1. The molecule has 106 valence electrons. The fourth-order valence-electron chi connectivity index (χ4n) is 1.53. The Morgan fingerprint density at radius 2 is 1.95 bits per heavy atom. The zero-order valence-electron chi connectivity index (χ0n) is 10.8. The molecule has 0 saturated carbocycles. The van der Waals surface area contributed by atoms with Crippen LogP contribution in [0.4, 0.5) is 0 Å². The first-order chi connectivity index (χ1) is 8.65.